The lowest BCUT2D eigenvalue weighted by molar-refractivity contribution is 0.391. The van der Waals surface area contributed by atoms with Gasteiger partial charge in [0.05, 0.1) is 0 Å². The van der Waals surface area contributed by atoms with Crippen molar-refractivity contribution in [2.24, 2.45) is 0 Å². The molecule has 0 spiro atoms. The molecule has 2 rings (SSSR count). The Balaban J connectivity index is 2.18. The molecular formula is C11H16ClN7. The van der Waals surface area contributed by atoms with Crippen molar-refractivity contribution in [2.75, 3.05) is 26.0 Å². The fraction of sp³-hybridized carbons (Fsp3) is 0.455. The van der Waals surface area contributed by atoms with Crippen LogP contribution in [0.3, 0.4) is 0 Å². The SMILES string of the molecule is CC(CN(C)C)Nc1nc(Cl)nc(-n2cccn2)n1. The molecule has 1 atom stereocenters. The van der Waals surface area contributed by atoms with E-state index in [9.17, 15) is 0 Å². The van der Waals surface area contributed by atoms with E-state index in [2.05, 4.69) is 30.3 Å². The fourth-order valence-corrected chi connectivity index (χ4v) is 1.86. The molecule has 2 aromatic rings. The average molecular weight is 282 g/mol. The molecule has 0 aliphatic rings. The summed E-state index contributed by atoms with van der Waals surface area (Å²) in [6.45, 7) is 2.91. The highest BCUT2D eigenvalue weighted by atomic mass is 35.5. The zero-order valence-electron chi connectivity index (χ0n) is 11.1. The number of rotatable bonds is 5. The van der Waals surface area contributed by atoms with Crippen LogP contribution in [-0.4, -0.2) is 56.3 Å². The van der Waals surface area contributed by atoms with Crippen LogP contribution in [0, 0.1) is 0 Å². The van der Waals surface area contributed by atoms with Crippen LogP contribution < -0.4 is 5.32 Å². The smallest absolute Gasteiger partial charge is 0.256 e. The van der Waals surface area contributed by atoms with E-state index in [-0.39, 0.29) is 11.3 Å². The van der Waals surface area contributed by atoms with E-state index in [1.165, 1.54) is 4.68 Å². The number of nitrogens with one attached hydrogen (secondary N) is 1. The largest absolute Gasteiger partial charge is 0.350 e. The molecule has 0 aromatic carbocycles. The van der Waals surface area contributed by atoms with Crippen molar-refractivity contribution in [3.05, 3.63) is 23.7 Å². The molecule has 0 aliphatic carbocycles. The Morgan fingerprint density at radius 2 is 2.16 bits per heavy atom. The van der Waals surface area contributed by atoms with E-state index in [1.807, 2.05) is 21.0 Å². The zero-order valence-corrected chi connectivity index (χ0v) is 11.8. The van der Waals surface area contributed by atoms with Gasteiger partial charge in [0.15, 0.2) is 0 Å². The Morgan fingerprint density at radius 1 is 1.37 bits per heavy atom. The van der Waals surface area contributed by atoms with Gasteiger partial charge in [0.25, 0.3) is 5.95 Å². The van der Waals surface area contributed by atoms with Crippen LogP contribution in [-0.2, 0) is 0 Å². The summed E-state index contributed by atoms with van der Waals surface area (Å²) in [5.74, 6) is 0.837. The second kappa shape index (κ2) is 5.94. The number of hydrogen-bond acceptors (Lipinski definition) is 6. The van der Waals surface area contributed by atoms with Gasteiger partial charge in [-0.3, -0.25) is 0 Å². The molecule has 1 unspecified atom stereocenters. The van der Waals surface area contributed by atoms with Gasteiger partial charge in [-0.15, -0.1) is 0 Å². The lowest BCUT2D eigenvalue weighted by Crippen LogP contribution is -2.30. The molecule has 2 aromatic heterocycles. The predicted molar refractivity (Wildman–Crippen MR) is 73.6 cm³/mol. The molecule has 0 aliphatic heterocycles. The lowest BCUT2D eigenvalue weighted by atomic mass is 10.3. The minimum absolute atomic E-state index is 0.139. The van der Waals surface area contributed by atoms with E-state index in [0.29, 0.717) is 11.9 Å². The molecule has 8 heteroatoms. The molecule has 0 saturated heterocycles. The third-order valence-corrected chi connectivity index (χ3v) is 2.49. The van der Waals surface area contributed by atoms with Crippen molar-refractivity contribution in [1.29, 1.82) is 0 Å². The number of hydrogen-bond donors (Lipinski definition) is 1. The Labute approximate surface area is 116 Å². The van der Waals surface area contributed by atoms with Crippen LogP contribution in [0.25, 0.3) is 5.95 Å². The zero-order chi connectivity index (χ0) is 13.8. The van der Waals surface area contributed by atoms with Crippen molar-refractivity contribution >= 4 is 17.5 Å². The molecule has 2 heterocycles. The first-order chi connectivity index (χ1) is 9.04. The summed E-state index contributed by atoms with van der Waals surface area (Å²) < 4.78 is 1.54. The maximum absolute atomic E-state index is 5.90. The Kier molecular flexibility index (Phi) is 4.28. The third kappa shape index (κ3) is 3.87. The summed E-state index contributed by atoms with van der Waals surface area (Å²) >= 11 is 5.90. The van der Waals surface area contributed by atoms with Gasteiger partial charge in [-0.25, -0.2) is 4.68 Å². The third-order valence-electron chi connectivity index (χ3n) is 2.32. The predicted octanol–water partition coefficient (Wildman–Crippen LogP) is 1.07. The van der Waals surface area contributed by atoms with Crippen LogP contribution in [0.1, 0.15) is 6.92 Å². The van der Waals surface area contributed by atoms with Crippen LogP contribution in [0.5, 0.6) is 0 Å². The summed E-state index contributed by atoms with van der Waals surface area (Å²) in [6.07, 6.45) is 3.40. The van der Waals surface area contributed by atoms with Gasteiger partial charge < -0.3 is 10.2 Å². The Hall–Kier alpha value is -1.73. The molecule has 0 fully saturated rings. The maximum atomic E-state index is 5.90. The van der Waals surface area contributed by atoms with Crippen LogP contribution in [0.4, 0.5) is 5.95 Å². The van der Waals surface area contributed by atoms with E-state index < -0.39 is 0 Å². The monoisotopic (exact) mass is 281 g/mol. The summed E-state index contributed by atoms with van der Waals surface area (Å²) in [7, 11) is 4.02. The maximum Gasteiger partial charge on any atom is 0.256 e. The first kappa shape index (κ1) is 13.7. The Bertz CT molecular complexity index is 526. The minimum Gasteiger partial charge on any atom is -0.350 e. The van der Waals surface area contributed by atoms with Gasteiger partial charge in [-0.2, -0.15) is 20.1 Å². The van der Waals surface area contributed by atoms with Gasteiger partial charge >= 0.3 is 0 Å². The molecule has 7 nitrogen and oxygen atoms in total. The summed E-state index contributed by atoms with van der Waals surface area (Å²) in [5.41, 5.74) is 0. The van der Waals surface area contributed by atoms with E-state index in [1.54, 1.807) is 18.5 Å². The average Bonchev–Trinajstić information content (AvgIpc) is 2.79. The van der Waals surface area contributed by atoms with E-state index in [4.69, 9.17) is 11.6 Å². The fourth-order valence-electron chi connectivity index (χ4n) is 1.71. The highest BCUT2D eigenvalue weighted by molar-refractivity contribution is 6.28. The second-order valence-electron chi connectivity index (χ2n) is 4.49. The van der Waals surface area contributed by atoms with Gasteiger partial charge in [-0.1, -0.05) is 0 Å². The summed E-state index contributed by atoms with van der Waals surface area (Å²) in [4.78, 5) is 14.5. The first-order valence-corrected chi connectivity index (χ1v) is 6.25. The number of aromatic nitrogens is 5. The number of nitrogens with zero attached hydrogens (tertiary/aromatic N) is 6. The Morgan fingerprint density at radius 3 is 2.79 bits per heavy atom. The topological polar surface area (TPSA) is 71.8 Å². The van der Waals surface area contributed by atoms with Crippen LogP contribution >= 0.6 is 11.6 Å². The normalized spacial score (nSPS) is 12.7. The number of likely N-dealkylation sites (N-methyl/N-ethyl adjacent to an activating group) is 1. The highest BCUT2D eigenvalue weighted by Gasteiger charge is 2.10. The number of halogens is 1. The first-order valence-electron chi connectivity index (χ1n) is 5.87. The van der Waals surface area contributed by atoms with Gasteiger partial charge in [-0.05, 0) is 38.7 Å². The van der Waals surface area contributed by atoms with Crippen molar-refractivity contribution in [1.82, 2.24) is 29.6 Å². The molecule has 0 saturated carbocycles. The van der Waals surface area contributed by atoms with Gasteiger partial charge in [0.1, 0.15) is 0 Å². The summed E-state index contributed by atoms with van der Waals surface area (Å²) in [5, 5.41) is 7.39. The molecule has 0 radical (unpaired) electrons. The minimum atomic E-state index is 0.139. The van der Waals surface area contributed by atoms with Crippen molar-refractivity contribution in [2.45, 2.75) is 13.0 Å². The molecular weight excluding hydrogens is 266 g/mol. The van der Waals surface area contributed by atoms with Gasteiger partial charge in [0.2, 0.25) is 11.2 Å². The standard InChI is InChI=1S/C11H16ClN7/c1-8(7-18(2)3)14-10-15-9(12)16-11(17-10)19-6-4-5-13-19/h4-6,8H,7H2,1-3H3,(H,14,15,16,17). The quantitative estimate of drug-likeness (QED) is 0.884. The second-order valence-corrected chi connectivity index (χ2v) is 4.82. The summed E-state index contributed by atoms with van der Waals surface area (Å²) in [6, 6.07) is 1.98. The number of anilines is 1. The van der Waals surface area contributed by atoms with Crippen LogP contribution in [0.2, 0.25) is 5.28 Å². The molecule has 102 valence electrons. The van der Waals surface area contributed by atoms with E-state index >= 15 is 0 Å². The van der Waals surface area contributed by atoms with Crippen molar-refractivity contribution in [3.8, 4) is 5.95 Å². The van der Waals surface area contributed by atoms with Crippen molar-refractivity contribution in [3.63, 3.8) is 0 Å². The van der Waals surface area contributed by atoms with Crippen molar-refractivity contribution < 1.29 is 0 Å². The molecule has 1 N–H and O–H groups in total. The molecule has 0 amide bonds. The highest BCUT2D eigenvalue weighted by Crippen LogP contribution is 2.09. The lowest BCUT2D eigenvalue weighted by Gasteiger charge is -2.18. The van der Waals surface area contributed by atoms with Gasteiger partial charge in [0, 0.05) is 25.0 Å². The van der Waals surface area contributed by atoms with Crippen LogP contribution in [0.15, 0.2) is 18.5 Å². The molecule has 0 bridgehead atoms. The molecule has 19 heavy (non-hydrogen) atoms. The van der Waals surface area contributed by atoms with E-state index in [0.717, 1.165) is 6.54 Å².